The Kier molecular flexibility index (Phi) is 52.5. The van der Waals surface area contributed by atoms with Crippen LogP contribution in [0.4, 0.5) is 0 Å². The van der Waals surface area contributed by atoms with Crippen LogP contribution >= 0.6 is 0 Å². The monoisotopic (exact) mass is 931 g/mol. The molecule has 0 radical (unpaired) electrons. The first-order valence-electron chi connectivity index (χ1n) is 26.0. The summed E-state index contributed by atoms with van der Waals surface area (Å²) in [6.45, 7) is 13.0. The smallest absolute Gasteiger partial charge is 0.414 e. The van der Waals surface area contributed by atoms with Crippen molar-refractivity contribution in [1.29, 1.82) is 0 Å². The van der Waals surface area contributed by atoms with Crippen LogP contribution < -0.4 is 5.73 Å². The van der Waals surface area contributed by atoms with Gasteiger partial charge >= 0.3 is 35.8 Å². The van der Waals surface area contributed by atoms with Crippen molar-refractivity contribution in [2.24, 2.45) is 5.73 Å². The van der Waals surface area contributed by atoms with Crippen LogP contribution in [0.15, 0.2) is 0 Å². The second-order valence-electron chi connectivity index (χ2n) is 17.5. The fourth-order valence-electron chi connectivity index (χ4n) is 7.48. The third-order valence-electron chi connectivity index (χ3n) is 11.4. The summed E-state index contributed by atoms with van der Waals surface area (Å²) in [5.41, 5.74) is 5.85. The van der Waals surface area contributed by atoms with Gasteiger partial charge in [-0.25, -0.2) is 19.2 Å². The predicted octanol–water partition coefficient (Wildman–Crippen LogP) is 12.1. The number of unbranched alkanes of at least 4 members (excludes halogenated alkanes) is 23. The van der Waals surface area contributed by atoms with E-state index in [0.717, 1.165) is 84.0 Å². The lowest BCUT2D eigenvalue weighted by Crippen LogP contribution is -2.28. The van der Waals surface area contributed by atoms with E-state index in [0.29, 0.717) is 12.8 Å². The highest BCUT2D eigenvalue weighted by atomic mass is 16.5. The molecule has 65 heavy (non-hydrogen) atoms. The van der Waals surface area contributed by atoms with Crippen molar-refractivity contribution in [1.82, 2.24) is 4.90 Å². The van der Waals surface area contributed by atoms with Crippen LogP contribution in [0.1, 0.15) is 252 Å². The summed E-state index contributed by atoms with van der Waals surface area (Å²) in [6, 6.07) is 0. The van der Waals surface area contributed by atoms with Crippen molar-refractivity contribution >= 4 is 35.8 Å². The van der Waals surface area contributed by atoms with Crippen molar-refractivity contribution < 1.29 is 58.7 Å². The average Bonchev–Trinajstić information content (AvgIpc) is 3.27. The highest BCUT2D eigenvalue weighted by Crippen LogP contribution is 2.19. The average molecular weight is 931 g/mol. The highest BCUT2D eigenvalue weighted by molar-refractivity contribution is 6.27. The molecule has 0 saturated carbocycles. The summed E-state index contributed by atoms with van der Waals surface area (Å²) >= 11 is 0. The Hall–Kier alpha value is -3.26. The molecule has 0 fully saturated rings. The normalized spacial score (nSPS) is 11.3. The Labute approximate surface area is 394 Å². The number of aliphatic carboxylic acids is 4. The number of carbonyl (C=O) groups excluding carboxylic acids is 2. The summed E-state index contributed by atoms with van der Waals surface area (Å²) in [5.74, 6) is -7.26. The van der Waals surface area contributed by atoms with Gasteiger partial charge in [0.1, 0.15) is 12.2 Å². The van der Waals surface area contributed by atoms with Crippen LogP contribution in [-0.2, 0) is 38.2 Å². The molecule has 0 rings (SSSR count). The molecule has 0 saturated heterocycles. The number of esters is 2. The van der Waals surface area contributed by atoms with Gasteiger partial charge in [-0.05, 0) is 103 Å². The maximum Gasteiger partial charge on any atom is 0.414 e. The molecule has 0 heterocycles. The van der Waals surface area contributed by atoms with E-state index in [9.17, 15) is 9.59 Å². The zero-order valence-corrected chi connectivity index (χ0v) is 41.8. The first-order chi connectivity index (χ1) is 31.3. The number of nitrogens with two attached hydrogens (primary N) is 1. The molecular weight excluding hydrogens is 833 g/mol. The summed E-state index contributed by atoms with van der Waals surface area (Å²) < 4.78 is 11.8. The van der Waals surface area contributed by atoms with Crippen LogP contribution in [0, 0.1) is 0 Å². The van der Waals surface area contributed by atoms with Crippen LogP contribution in [0.25, 0.3) is 0 Å². The number of carboxylic acid groups (broad SMARTS) is 4. The van der Waals surface area contributed by atoms with E-state index in [2.05, 4.69) is 32.6 Å². The molecule has 0 aliphatic rings. The summed E-state index contributed by atoms with van der Waals surface area (Å²) in [6.07, 6.45) is 41.0. The lowest BCUT2D eigenvalue weighted by molar-refractivity contribution is -0.159. The standard InChI is InChI=1S/C47H94N2O4.2C2H2O4/c1-5-9-12-15-20-27-35-44(8-4)52-46(50)38-30-23-18-25-32-41-49(43-34-40-48)42-33-26-19-24-31-39-47(51)53-45(36-28-21-16-13-10-6-2)37-29-22-17-14-11-7-3;2*3-1(4)2(5)6/h44-45H,5-43,48H2,1-4H3;2*(H,3,4)(H,5,6). The molecule has 0 aromatic heterocycles. The van der Waals surface area contributed by atoms with Crippen molar-refractivity contribution in [2.75, 3.05) is 26.2 Å². The molecule has 6 N–H and O–H groups in total. The van der Waals surface area contributed by atoms with E-state index < -0.39 is 23.9 Å². The first-order valence-corrected chi connectivity index (χ1v) is 26.0. The summed E-state index contributed by atoms with van der Waals surface area (Å²) in [5, 5.41) is 29.6. The third kappa shape index (κ3) is 53.2. The van der Waals surface area contributed by atoms with Gasteiger partial charge in [0, 0.05) is 12.8 Å². The van der Waals surface area contributed by atoms with Gasteiger partial charge < -0.3 is 40.5 Å². The van der Waals surface area contributed by atoms with Crippen LogP contribution in [0.2, 0.25) is 0 Å². The van der Waals surface area contributed by atoms with Crippen molar-refractivity contribution in [3.8, 4) is 0 Å². The van der Waals surface area contributed by atoms with Crippen LogP contribution in [0.3, 0.4) is 0 Å². The Balaban J connectivity index is -0.00000279. The molecule has 0 aliphatic heterocycles. The van der Waals surface area contributed by atoms with Crippen molar-refractivity contribution in [2.45, 2.75) is 265 Å². The molecule has 1 atom stereocenters. The predicted molar refractivity (Wildman–Crippen MR) is 260 cm³/mol. The first kappa shape index (κ1) is 66.0. The fourth-order valence-corrected chi connectivity index (χ4v) is 7.48. The second-order valence-corrected chi connectivity index (χ2v) is 17.5. The Morgan fingerprint density at radius 1 is 0.385 bits per heavy atom. The van der Waals surface area contributed by atoms with E-state index in [1.807, 2.05) is 0 Å². The molecule has 14 heteroatoms. The summed E-state index contributed by atoms with van der Waals surface area (Å²) in [4.78, 5) is 64.1. The molecular formula is C51H98N2O12. The molecule has 0 amide bonds. The highest BCUT2D eigenvalue weighted by Gasteiger charge is 2.15. The second kappa shape index (κ2) is 51.7. The third-order valence-corrected chi connectivity index (χ3v) is 11.4. The van der Waals surface area contributed by atoms with Crippen LogP contribution in [-0.4, -0.2) is 99.5 Å². The maximum atomic E-state index is 12.7. The lowest BCUT2D eigenvalue weighted by atomic mass is 10.0. The molecule has 0 aromatic carbocycles. The van der Waals surface area contributed by atoms with Gasteiger partial charge in [0.05, 0.1) is 0 Å². The number of carboxylic acids is 4. The van der Waals surface area contributed by atoms with Gasteiger partial charge in [-0.3, -0.25) is 9.59 Å². The van der Waals surface area contributed by atoms with Gasteiger partial charge in [-0.15, -0.1) is 0 Å². The van der Waals surface area contributed by atoms with E-state index >= 15 is 0 Å². The fraction of sp³-hybridized carbons (Fsp3) is 0.882. The summed E-state index contributed by atoms with van der Waals surface area (Å²) in [7, 11) is 0. The number of ether oxygens (including phenoxy) is 2. The maximum absolute atomic E-state index is 12.7. The van der Waals surface area contributed by atoms with Gasteiger partial charge in [0.15, 0.2) is 0 Å². The molecule has 14 nitrogen and oxygen atoms in total. The molecule has 0 aliphatic carbocycles. The van der Waals surface area contributed by atoms with Crippen LogP contribution in [0.5, 0.6) is 0 Å². The largest absolute Gasteiger partial charge is 0.473 e. The zero-order chi connectivity index (χ0) is 49.2. The number of nitrogens with zero attached hydrogens (tertiary/aromatic N) is 1. The Morgan fingerprint density at radius 3 is 0.985 bits per heavy atom. The van der Waals surface area contributed by atoms with Gasteiger partial charge in [0.25, 0.3) is 0 Å². The quantitative estimate of drug-likeness (QED) is 0.0218. The van der Waals surface area contributed by atoms with Crippen molar-refractivity contribution in [3.05, 3.63) is 0 Å². The SMILES string of the molecule is CCCCCCCCC(CC)OC(=O)CCCCCCCN(CCCN)CCCCCCCC(=O)OC(CCCCCCCC)CCCCCCCC.O=C(O)C(=O)O.O=C(O)C(=O)O. The van der Waals surface area contributed by atoms with E-state index in [4.69, 9.17) is 54.8 Å². The number of hydrogen-bond acceptors (Lipinski definition) is 10. The molecule has 0 spiro atoms. The van der Waals surface area contributed by atoms with Crippen molar-refractivity contribution in [3.63, 3.8) is 0 Å². The Morgan fingerprint density at radius 2 is 0.662 bits per heavy atom. The van der Waals surface area contributed by atoms with E-state index in [1.54, 1.807) is 0 Å². The molecule has 1 unspecified atom stereocenters. The Bertz CT molecular complexity index is 1070. The molecule has 384 valence electrons. The molecule has 0 bridgehead atoms. The number of rotatable bonds is 43. The lowest BCUT2D eigenvalue weighted by Gasteiger charge is -2.22. The minimum Gasteiger partial charge on any atom is -0.473 e. The van der Waals surface area contributed by atoms with Gasteiger partial charge in [-0.1, -0.05) is 163 Å². The minimum absolute atomic E-state index is 0.00182. The van der Waals surface area contributed by atoms with E-state index in [-0.39, 0.29) is 24.1 Å². The molecule has 0 aromatic rings. The number of carbonyl (C=O) groups is 6. The minimum atomic E-state index is -1.82. The zero-order valence-electron chi connectivity index (χ0n) is 41.8. The van der Waals surface area contributed by atoms with E-state index in [1.165, 1.54) is 154 Å². The van der Waals surface area contributed by atoms with Gasteiger partial charge in [-0.2, -0.15) is 0 Å². The topological polar surface area (TPSA) is 231 Å². The van der Waals surface area contributed by atoms with Gasteiger partial charge in [0.2, 0.25) is 0 Å². The number of hydrogen-bond donors (Lipinski definition) is 5.